The second-order valence-electron chi connectivity index (χ2n) is 6.01. The molecule has 1 aliphatic heterocycles. The number of aldehydes is 1. The van der Waals surface area contributed by atoms with Crippen molar-refractivity contribution in [2.45, 2.75) is 26.1 Å². The van der Waals surface area contributed by atoms with E-state index >= 15 is 0 Å². The molecule has 4 rings (SSSR count). The summed E-state index contributed by atoms with van der Waals surface area (Å²) in [6.07, 6.45) is 2.45. The Morgan fingerprint density at radius 1 is 1.36 bits per heavy atom. The number of carbonyl (C=O) groups is 1. The first-order valence-electron chi connectivity index (χ1n) is 7.81. The predicted octanol–water partition coefficient (Wildman–Crippen LogP) is 3.43. The van der Waals surface area contributed by atoms with Crippen LogP contribution in [0.2, 0.25) is 5.02 Å². The smallest absolute Gasteiger partial charge is 0.206 e. The molecule has 0 aliphatic carbocycles. The van der Waals surface area contributed by atoms with E-state index in [4.69, 9.17) is 20.9 Å². The predicted molar refractivity (Wildman–Crippen MR) is 95.5 cm³/mol. The van der Waals surface area contributed by atoms with Crippen molar-refractivity contribution in [1.82, 2.24) is 15.1 Å². The van der Waals surface area contributed by atoms with Crippen LogP contribution in [0.5, 0.6) is 0 Å². The monoisotopic (exact) mass is 378 g/mol. The Morgan fingerprint density at radius 3 is 2.76 bits per heavy atom. The number of halogens is 1. The molecule has 2 atom stereocenters. The zero-order chi connectivity index (χ0) is 17.6. The van der Waals surface area contributed by atoms with Gasteiger partial charge in [0.15, 0.2) is 12.0 Å². The number of carbonyl (C=O) groups excluding carboxylic acids is 1. The van der Waals surface area contributed by atoms with E-state index < -0.39 is 0 Å². The molecule has 130 valence electrons. The SMILES string of the molecule is C[C@@H]1CN(c2c(C=O)nc3c(-c4cncs4)noc3c2Cl)C[C@H](C)O1. The lowest BCUT2D eigenvalue weighted by Crippen LogP contribution is -2.46. The van der Waals surface area contributed by atoms with Crippen molar-refractivity contribution in [2.24, 2.45) is 0 Å². The molecule has 0 amide bonds. The number of pyridine rings is 1. The maximum Gasteiger partial charge on any atom is 0.206 e. The highest BCUT2D eigenvalue weighted by Crippen LogP contribution is 2.39. The van der Waals surface area contributed by atoms with Crippen LogP contribution < -0.4 is 4.90 Å². The summed E-state index contributed by atoms with van der Waals surface area (Å²) in [5.74, 6) is 0. The van der Waals surface area contributed by atoms with Gasteiger partial charge in [0.1, 0.15) is 16.2 Å². The Labute approximate surface area is 152 Å². The number of thiazole rings is 1. The van der Waals surface area contributed by atoms with E-state index in [-0.39, 0.29) is 17.9 Å². The summed E-state index contributed by atoms with van der Waals surface area (Å²) in [4.78, 5) is 23.1. The van der Waals surface area contributed by atoms with Gasteiger partial charge in [-0.2, -0.15) is 0 Å². The summed E-state index contributed by atoms with van der Waals surface area (Å²) in [7, 11) is 0. The number of morpholine rings is 1. The van der Waals surface area contributed by atoms with Gasteiger partial charge in [-0.05, 0) is 13.8 Å². The van der Waals surface area contributed by atoms with Gasteiger partial charge in [0.05, 0.1) is 28.3 Å². The molecule has 1 aliphatic rings. The lowest BCUT2D eigenvalue weighted by molar-refractivity contribution is -0.00526. The molecular formula is C16H15ClN4O3S. The molecule has 0 saturated carbocycles. The highest BCUT2D eigenvalue weighted by Gasteiger charge is 2.29. The second kappa shape index (κ2) is 6.36. The number of nitrogens with zero attached hydrogens (tertiary/aromatic N) is 4. The van der Waals surface area contributed by atoms with E-state index in [0.29, 0.717) is 40.6 Å². The van der Waals surface area contributed by atoms with E-state index in [0.717, 1.165) is 11.2 Å². The van der Waals surface area contributed by atoms with Gasteiger partial charge < -0.3 is 14.2 Å². The van der Waals surface area contributed by atoms with Gasteiger partial charge in [-0.3, -0.25) is 9.78 Å². The molecule has 4 heterocycles. The first-order chi connectivity index (χ1) is 12.1. The molecule has 0 spiro atoms. The average Bonchev–Trinajstić information content (AvgIpc) is 3.22. The molecule has 3 aromatic rings. The third-order valence-electron chi connectivity index (χ3n) is 4.06. The average molecular weight is 379 g/mol. The molecule has 0 N–H and O–H groups in total. The van der Waals surface area contributed by atoms with Crippen molar-refractivity contribution in [1.29, 1.82) is 0 Å². The Kier molecular flexibility index (Phi) is 4.18. The van der Waals surface area contributed by atoms with E-state index in [1.807, 2.05) is 18.7 Å². The van der Waals surface area contributed by atoms with Crippen molar-refractivity contribution in [3.05, 3.63) is 22.4 Å². The minimum Gasteiger partial charge on any atom is -0.372 e. The normalized spacial score (nSPS) is 21.0. The van der Waals surface area contributed by atoms with Crippen molar-refractivity contribution in [2.75, 3.05) is 18.0 Å². The van der Waals surface area contributed by atoms with E-state index in [9.17, 15) is 4.79 Å². The zero-order valence-electron chi connectivity index (χ0n) is 13.6. The topological polar surface area (TPSA) is 81.4 Å². The molecule has 7 nitrogen and oxygen atoms in total. The molecule has 9 heteroatoms. The molecule has 0 aromatic carbocycles. The highest BCUT2D eigenvalue weighted by molar-refractivity contribution is 7.13. The molecule has 3 aromatic heterocycles. The highest BCUT2D eigenvalue weighted by atomic mass is 35.5. The Morgan fingerprint density at radius 2 is 2.12 bits per heavy atom. The van der Waals surface area contributed by atoms with Crippen LogP contribution in [0.3, 0.4) is 0 Å². The van der Waals surface area contributed by atoms with Crippen molar-refractivity contribution in [3.8, 4) is 10.6 Å². The quantitative estimate of drug-likeness (QED) is 0.646. The van der Waals surface area contributed by atoms with Gasteiger partial charge in [0.2, 0.25) is 5.58 Å². The summed E-state index contributed by atoms with van der Waals surface area (Å²) in [6.45, 7) is 5.21. The van der Waals surface area contributed by atoms with Crippen LogP contribution >= 0.6 is 22.9 Å². The Balaban J connectivity index is 1.88. The number of hydrogen-bond acceptors (Lipinski definition) is 8. The van der Waals surface area contributed by atoms with Crippen molar-refractivity contribution in [3.63, 3.8) is 0 Å². The largest absolute Gasteiger partial charge is 0.372 e. The number of fused-ring (bicyclic) bond motifs is 1. The van der Waals surface area contributed by atoms with Crippen molar-refractivity contribution < 1.29 is 14.1 Å². The number of hydrogen-bond donors (Lipinski definition) is 0. The molecule has 1 fully saturated rings. The first-order valence-corrected chi connectivity index (χ1v) is 9.07. The van der Waals surface area contributed by atoms with Gasteiger partial charge >= 0.3 is 0 Å². The van der Waals surface area contributed by atoms with E-state index in [1.54, 1.807) is 11.7 Å². The molecule has 0 unspecified atom stereocenters. The van der Waals surface area contributed by atoms with Crippen LogP contribution in [0.1, 0.15) is 24.3 Å². The Hall–Kier alpha value is -2.03. The summed E-state index contributed by atoms with van der Waals surface area (Å²) in [6, 6.07) is 0. The van der Waals surface area contributed by atoms with Gasteiger partial charge in [-0.25, -0.2) is 4.98 Å². The lowest BCUT2D eigenvalue weighted by atomic mass is 10.1. The summed E-state index contributed by atoms with van der Waals surface area (Å²) in [5, 5.41) is 4.42. The summed E-state index contributed by atoms with van der Waals surface area (Å²) >= 11 is 8.02. The minimum absolute atomic E-state index is 0.0255. The lowest BCUT2D eigenvalue weighted by Gasteiger charge is -2.37. The fourth-order valence-corrected chi connectivity index (χ4v) is 4.11. The molecule has 0 radical (unpaired) electrons. The van der Waals surface area contributed by atoms with Crippen LogP contribution in [0, 0.1) is 0 Å². The van der Waals surface area contributed by atoms with E-state index in [2.05, 4.69) is 15.1 Å². The number of rotatable bonds is 3. The van der Waals surface area contributed by atoms with Crippen LogP contribution in [0.4, 0.5) is 5.69 Å². The molecule has 25 heavy (non-hydrogen) atoms. The fourth-order valence-electron chi connectivity index (χ4n) is 3.16. The van der Waals surface area contributed by atoms with Crippen LogP contribution in [-0.2, 0) is 4.74 Å². The van der Waals surface area contributed by atoms with Crippen LogP contribution in [0.15, 0.2) is 16.2 Å². The standard InChI is InChI=1S/C16H15ClN4O3S/c1-8-4-21(5-9(2)23-8)15-10(6-22)19-14-13(11-3-18-7-25-11)20-24-16(14)12(15)17/h3,6-9H,4-5H2,1-2H3/t8-,9+. The number of ether oxygens (including phenoxy) is 1. The maximum absolute atomic E-state index is 11.7. The molecule has 1 saturated heterocycles. The first kappa shape index (κ1) is 16.4. The van der Waals surface area contributed by atoms with Crippen molar-refractivity contribution >= 4 is 46.0 Å². The fraction of sp³-hybridized carbons (Fsp3) is 0.375. The maximum atomic E-state index is 11.7. The minimum atomic E-state index is 0.0255. The van der Waals surface area contributed by atoms with Gasteiger partial charge in [0, 0.05) is 19.3 Å². The number of anilines is 1. The molecule has 0 bridgehead atoms. The third-order valence-corrected chi connectivity index (χ3v) is 5.19. The van der Waals surface area contributed by atoms with Gasteiger partial charge in [0.25, 0.3) is 0 Å². The Bertz CT molecular complexity index is 917. The van der Waals surface area contributed by atoms with Gasteiger partial charge in [-0.15, -0.1) is 11.3 Å². The van der Waals surface area contributed by atoms with Gasteiger partial charge in [-0.1, -0.05) is 16.8 Å². The van der Waals surface area contributed by atoms with Crippen LogP contribution in [-0.4, -0.2) is 46.7 Å². The van der Waals surface area contributed by atoms with E-state index in [1.165, 1.54) is 11.3 Å². The molecular weight excluding hydrogens is 364 g/mol. The second-order valence-corrected chi connectivity index (χ2v) is 7.28. The summed E-state index contributed by atoms with van der Waals surface area (Å²) in [5.41, 5.74) is 3.92. The number of aromatic nitrogens is 3. The zero-order valence-corrected chi connectivity index (χ0v) is 15.2. The third kappa shape index (κ3) is 2.80. The van der Waals surface area contributed by atoms with Crippen LogP contribution in [0.25, 0.3) is 21.7 Å². The summed E-state index contributed by atoms with van der Waals surface area (Å²) < 4.78 is 11.2.